The fourth-order valence-corrected chi connectivity index (χ4v) is 3.82. The van der Waals surface area contributed by atoms with Gasteiger partial charge in [-0.2, -0.15) is 4.90 Å². The Hall–Kier alpha value is -5.73. The molecule has 2 aromatic carbocycles. The van der Waals surface area contributed by atoms with Crippen LogP contribution in [-0.4, -0.2) is 50.9 Å². The third-order valence-corrected chi connectivity index (χ3v) is 5.75. The summed E-state index contributed by atoms with van der Waals surface area (Å²) in [5.41, 5.74) is -3.87. The molecule has 0 unspecified atom stereocenters. The van der Waals surface area contributed by atoms with Gasteiger partial charge in [-0.05, 0) is 24.3 Å². The first-order chi connectivity index (χ1) is 19.0. The molecule has 1 N–H and O–H groups in total. The molecule has 4 amide bonds. The first kappa shape index (κ1) is 27.3. The third-order valence-electron chi connectivity index (χ3n) is 5.75. The van der Waals surface area contributed by atoms with E-state index in [0.29, 0.717) is 4.57 Å². The summed E-state index contributed by atoms with van der Waals surface area (Å²) in [6.45, 7) is 1.13. The van der Waals surface area contributed by atoms with Crippen molar-refractivity contribution in [2.75, 3.05) is 12.4 Å². The van der Waals surface area contributed by atoms with Gasteiger partial charge in [0.1, 0.15) is 11.4 Å². The highest BCUT2D eigenvalue weighted by atomic mass is 16.6. The summed E-state index contributed by atoms with van der Waals surface area (Å²) in [7, 11) is 3.49. The Kier molecular flexibility index (Phi) is 7.21. The van der Waals surface area contributed by atoms with Gasteiger partial charge in [0.05, 0.1) is 23.8 Å². The minimum absolute atomic E-state index is 0.0650. The molecule has 0 bridgehead atoms. The summed E-state index contributed by atoms with van der Waals surface area (Å²) in [6.07, 6.45) is -1.31. The van der Waals surface area contributed by atoms with E-state index >= 15 is 0 Å². The number of nitrogens with zero attached hydrogens (tertiary/aromatic N) is 5. The summed E-state index contributed by atoms with van der Waals surface area (Å²) in [6, 6.07) is 9.95. The molecule has 0 saturated heterocycles. The number of azo groups is 1. The average Bonchev–Trinajstić information content (AvgIpc) is 3.19. The molecule has 0 spiro atoms. The Bertz CT molecular complexity index is 1750. The molecule has 15 heteroatoms. The van der Waals surface area contributed by atoms with E-state index in [1.54, 1.807) is 18.2 Å². The molecule has 1 aliphatic rings. The molecule has 1 aromatic heterocycles. The summed E-state index contributed by atoms with van der Waals surface area (Å²) in [4.78, 5) is 88.9. The molecule has 1 aliphatic heterocycles. The summed E-state index contributed by atoms with van der Waals surface area (Å²) in [5.74, 6) is -4.08. The van der Waals surface area contributed by atoms with Crippen molar-refractivity contribution in [1.29, 1.82) is 0 Å². The van der Waals surface area contributed by atoms with Crippen molar-refractivity contribution < 1.29 is 33.4 Å². The highest BCUT2D eigenvalue weighted by Crippen LogP contribution is 2.36. The first-order valence-corrected chi connectivity index (χ1v) is 11.4. The van der Waals surface area contributed by atoms with Crippen LogP contribution in [0.3, 0.4) is 0 Å². The fourth-order valence-electron chi connectivity index (χ4n) is 3.82. The number of anilines is 1. The first-order valence-electron chi connectivity index (χ1n) is 11.4. The molecule has 204 valence electrons. The number of para-hydroxylation sites is 1. The number of fused-ring (bicyclic) bond motifs is 1. The van der Waals surface area contributed by atoms with Crippen LogP contribution in [0.4, 0.5) is 22.0 Å². The monoisotopic (exact) mass is 548 g/mol. The van der Waals surface area contributed by atoms with Gasteiger partial charge in [-0.3, -0.25) is 28.3 Å². The number of aromatic nitrogens is 2. The number of imide groups is 3. The minimum Gasteiger partial charge on any atom is -0.465 e. The van der Waals surface area contributed by atoms with E-state index in [9.17, 15) is 33.6 Å². The number of esters is 1. The normalized spacial score (nSPS) is 12.4. The van der Waals surface area contributed by atoms with Gasteiger partial charge in [0.15, 0.2) is 11.5 Å². The Morgan fingerprint density at radius 2 is 1.50 bits per heavy atom. The number of hydrogen-bond acceptors (Lipinski definition) is 11. The summed E-state index contributed by atoms with van der Waals surface area (Å²) < 4.78 is 11.5. The molecular weight excluding hydrogens is 528 g/mol. The molecule has 4 rings (SSSR count). The number of benzene rings is 2. The van der Waals surface area contributed by atoms with Gasteiger partial charge in [-0.15, -0.1) is 10.2 Å². The average molecular weight is 548 g/mol. The minimum atomic E-state index is -1.31. The molecule has 0 aliphatic carbocycles. The largest absolute Gasteiger partial charge is 0.465 e. The Balaban J connectivity index is 1.88. The molecule has 0 radical (unpaired) electrons. The molecule has 0 fully saturated rings. The van der Waals surface area contributed by atoms with Gasteiger partial charge in [-0.25, -0.2) is 14.4 Å². The van der Waals surface area contributed by atoms with E-state index in [-0.39, 0.29) is 27.6 Å². The lowest BCUT2D eigenvalue weighted by Gasteiger charge is -2.12. The number of carbonyl (C=O) groups is 5. The number of carbonyl (C=O) groups excluding carboxylic acids is 5. The number of hydrogen-bond donors (Lipinski definition) is 1. The van der Waals surface area contributed by atoms with Gasteiger partial charge in [0.25, 0.3) is 17.4 Å². The predicted molar refractivity (Wildman–Crippen MR) is 136 cm³/mol. The second kappa shape index (κ2) is 10.6. The number of nitrogens with one attached hydrogen (secondary N) is 1. The molecular formula is C25H20N6O9. The molecule has 15 nitrogen and oxygen atoms in total. The molecule has 0 atom stereocenters. The lowest BCUT2D eigenvalue weighted by Crippen LogP contribution is -2.38. The van der Waals surface area contributed by atoms with Crippen LogP contribution in [0, 0.1) is 0 Å². The standard InChI is InChI=1S/C25H20N6O9/c1-12(32)26-19-18(22(35)30(3)24(37)29(19)2)28-27-17-15(23(36)39-4)11-10-14-16(17)21(34)31(20(14)33)25(38)40-13-8-6-5-7-9-13/h5-11H,1-4H3,(H,26,32). The van der Waals surface area contributed by atoms with E-state index in [1.165, 1.54) is 26.2 Å². The quantitative estimate of drug-likeness (QED) is 0.283. The lowest BCUT2D eigenvalue weighted by molar-refractivity contribution is -0.114. The van der Waals surface area contributed by atoms with Crippen molar-refractivity contribution in [2.45, 2.75) is 6.92 Å². The SMILES string of the molecule is COC(=O)c1ccc2c(c1N=Nc1c(NC(C)=O)n(C)c(=O)n(C)c1=O)C(=O)N(C(=O)Oc1ccccc1)C2=O. The van der Waals surface area contributed by atoms with Gasteiger partial charge >= 0.3 is 17.8 Å². The highest BCUT2D eigenvalue weighted by Gasteiger charge is 2.44. The van der Waals surface area contributed by atoms with E-state index in [4.69, 9.17) is 9.47 Å². The smallest absolute Gasteiger partial charge is 0.429 e. The predicted octanol–water partition coefficient (Wildman–Crippen LogP) is 2.04. The van der Waals surface area contributed by atoms with Crippen LogP contribution in [0.2, 0.25) is 0 Å². The molecule has 3 aromatic rings. The van der Waals surface area contributed by atoms with Crippen LogP contribution in [0.5, 0.6) is 5.75 Å². The molecule has 40 heavy (non-hydrogen) atoms. The van der Waals surface area contributed by atoms with Crippen molar-refractivity contribution in [3.63, 3.8) is 0 Å². The van der Waals surface area contributed by atoms with Crippen molar-refractivity contribution in [1.82, 2.24) is 14.0 Å². The maximum Gasteiger partial charge on any atom is 0.429 e. The fraction of sp³-hybridized carbons (Fsp3) is 0.160. The maximum atomic E-state index is 13.3. The lowest BCUT2D eigenvalue weighted by atomic mass is 10.0. The van der Waals surface area contributed by atoms with Crippen LogP contribution >= 0.6 is 0 Å². The zero-order chi connectivity index (χ0) is 29.3. The van der Waals surface area contributed by atoms with Crippen molar-refractivity contribution >= 4 is 47.0 Å². The Labute approximate surface area is 224 Å². The number of methoxy groups -OCH3 is 1. The second-order valence-corrected chi connectivity index (χ2v) is 8.29. The number of rotatable bonds is 5. The van der Waals surface area contributed by atoms with Crippen LogP contribution in [-0.2, 0) is 23.6 Å². The second-order valence-electron chi connectivity index (χ2n) is 8.29. The molecule has 2 heterocycles. The van der Waals surface area contributed by atoms with Crippen LogP contribution in [0.25, 0.3) is 0 Å². The van der Waals surface area contributed by atoms with Gasteiger partial charge in [0, 0.05) is 21.0 Å². The Morgan fingerprint density at radius 1 is 0.850 bits per heavy atom. The van der Waals surface area contributed by atoms with Gasteiger partial charge in [-0.1, -0.05) is 18.2 Å². The van der Waals surface area contributed by atoms with E-state index in [0.717, 1.165) is 30.7 Å². The zero-order valence-electron chi connectivity index (χ0n) is 21.5. The summed E-state index contributed by atoms with van der Waals surface area (Å²) >= 11 is 0. The van der Waals surface area contributed by atoms with Crippen LogP contribution < -0.4 is 21.3 Å². The van der Waals surface area contributed by atoms with E-state index in [1.807, 2.05) is 0 Å². The van der Waals surface area contributed by atoms with Crippen molar-refractivity contribution in [3.8, 4) is 5.75 Å². The van der Waals surface area contributed by atoms with E-state index < -0.39 is 58.0 Å². The zero-order valence-corrected chi connectivity index (χ0v) is 21.5. The summed E-state index contributed by atoms with van der Waals surface area (Å²) in [5, 5.41) is 10.1. The Morgan fingerprint density at radius 3 is 2.12 bits per heavy atom. The van der Waals surface area contributed by atoms with E-state index in [2.05, 4.69) is 15.5 Å². The molecule has 0 saturated carbocycles. The van der Waals surface area contributed by atoms with Gasteiger partial charge < -0.3 is 14.8 Å². The van der Waals surface area contributed by atoms with Crippen LogP contribution in [0.15, 0.2) is 62.3 Å². The topological polar surface area (TPSA) is 188 Å². The maximum absolute atomic E-state index is 13.3. The third kappa shape index (κ3) is 4.66. The van der Waals surface area contributed by atoms with Gasteiger partial charge in [0.2, 0.25) is 5.91 Å². The van der Waals surface area contributed by atoms with Crippen molar-refractivity contribution in [3.05, 3.63) is 80.0 Å². The number of amides is 4. The number of ether oxygens (including phenoxy) is 2. The highest BCUT2D eigenvalue weighted by molar-refractivity contribution is 6.30. The van der Waals surface area contributed by atoms with Crippen molar-refractivity contribution in [2.24, 2.45) is 24.3 Å². The van der Waals surface area contributed by atoms with Crippen LogP contribution in [0.1, 0.15) is 38.0 Å².